The molecule has 3 aromatic rings. The topological polar surface area (TPSA) is 84.4 Å². The highest BCUT2D eigenvalue weighted by atomic mass is 16.1. The van der Waals surface area contributed by atoms with Crippen molar-refractivity contribution < 1.29 is 4.79 Å². The number of nitrogens with zero attached hydrogens (tertiary/aromatic N) is 4. The fourth-order valence-corrected chi connectivity index (χ4v) is 2.18. The molecule has 0 spiro atoms. The minimum absolute atomic E-state index is 0.134. The molecule has 110 valence electrons. The summed E-state index contributed by atoms with van der Waals surface area (Å²) in [5.41, 5.74) is 2.89. The lowest BCUT2D eigenvalue weighted by atomic mass is 10.1. The van der Waals surface area contributed by atoms with Crippen LogP contribution in [0.1, 0.15) is 27.6 Å². The van der Waals surface area contributed by atoms with Crippen LogP contribution in [-0.2, 0) is 19.3 Å². The predicted octanol–water partition coefficient (Wildman–Crippen LogP) is 1.81. The van der Waals surface area contributed by atoms with Crippen LogP contribution in [0.15, 0.2) is 49.1 Å². The number of benzene rings is 1. The van der Waals surface area contributed by atoms with Crippen molar-refractivity contribution in [2.75, 3.05) is 0 Å². The number of Topliss-reactive ketones (excluding diaryl/α,β-unsaturated/α-hetero) is 1. The highest BCUT2D eigenvalue weighted by Gasteiger charge is 2.11. The number of carbonyl (C=O) groups is 1. The number of hydrogen-bond donors (Lipinski definition) is 1. The second-order valence-corrected chi connectivity index (χ2v) is 4.92. The SMILES string of the molecule is O=C(Cc1cc(CCc2ccccc2)ncn1)c1ncn[nH]1. The van der Waals surface area contributed by atoms with Gasteiger partial charge in [-0.1, -0.05) is 30.3 Å². The van der Waals surface area contributed by atoms with E-state index in [9.17, 15) is 4.79 Å². The quantitative estimate of drug-likeness (QED) is 0.701. The lowest BCUT2D eigenvalue weighted by Gasteiger charge is -2.03. The molecule has 1 N–H and O–H groups in total. The minimum atomic E-state index is -0.134. The molecule has 0 bridgehead atoms. The maximum absolute atomic E-state index is 12.0. The molecule has 0 saturated heterocycles. The van der Waals surface area contributed by atoms with E-state index in [4.69, 9.17) is 0 Å². The number of aromatic amines is 1. The molecular formula is C16H15N5O. The van der Waals surface area contributed by atoms with E-state index in [-0.39, 0.29) is 18.0 Å². The summed E-state index contributed by atoms with van der Waals surface area (Å²) in [6.07, 6.45) is 4.74. The monoisotopic (exact) mass is 293 g/mol. The van der Waals surface area contributed by atoms with Crippen molar-refractivity contribution in [2.24, 2.45) is 0 Å². The van der Waals surface area contributed by atoms with Crippen LogP contribution < -0.4 is 0 Å². The third kappa shape index (κ3) is 3.60. The average Bonchev–Trinajstić information content (AvgIpc) is 3.09. The van der Waals surface area contributed by atoms with Gasteiger partial charge in [0.25, 0.3) is 0 Å². The number of hydrogen-bond acceptors (Lipinski definition) is 5. The van der Waals surface area contributed by atoms with Crippen molar-refractivity contribution in [1.82, 2.24) is 25.1 Å². The molecule has 0 fully saturated rings. The standard InChI is InChI=1S/C16H15N5O/c22-15(16-19-11-20-21-16)9-14-8-13(17-10-18-14)7-6-12-4-2-1-3-5-12/h1-5,8,10-11H,6-7,9H2,(H,19,20,21). The van der Waals surface area contributed by atoms with Crippen LogP contribution >= 0.6 is 0 Å². The van der Waals surface area contributed by atoms with Gasteiger partial charge in [0.15, 0.2) is 5.82 Å². The van der Waals surface area contributed by atoms with Crippen LogP contribution in [0, 0.1) is 0 Å². The second kappa shape index (κ2) is 6.71. The Morgan fingerprint density at radius 1 is 0.955 bits per heavy atom. The Hall–Kier alpha value is -2.89. The highest BCUT2D eigenvalue weighted by molar-refractivity contribution is 5.93. The van der Waals surface area contributed by atoms with Gasteiger partial charge in [0.2, 0.25) is 5.78 Å². The zero-order chi connectivity index (χ0) is 15.2. The molecule has 0 atom stereocenters. The molecule has 0 unspecified atom stereocenters. The van der Waals surface area contributed by atoms with Crippen molar-refractivity contribution in [3.8, 4) is 0 Å². The van der Waals surface area contributed by atoms with E-state index in [0.29, 0.717) is 5.69 Å². The Morgan fingerprint density at radius 2 is 1.77 bits per heavy atom. The number of H-pyrrole nitrogens is 1. The Morgan fingerprint density at radius 3 is 2.55 bits per heavy atom. The van der Waals surface area contributed by atoms with Gasteiger partial charge in [0, 0.05) is 5.69 Å². The fourth-order valence-electron chi connectivity index (χ4n) is 2.18. The molecule has 0 radical (unpaired) electrons. The van der Waals surface area contributed by atoms with E-state index in [1.54, 1.807) is 0 Å². The molecule has 3 rings (SSSR count). The van der Waals surface area contributed by atoms with Gasteiger partial charge in [-0.15, -0.1) is 0 Å². The summed E-state index contributed by atoms with van der Waals surface area (Å²) in [4.78, 5) is 24.2. The van der Waals surface area contributed by atoms with E-state index in [1.165, 1.54) is 18.2 Å². The van der Waals surface area contributed by atoms with Crippen molar-refractivity contribution in [1.29, 1.82) is 0 Å². The normalized spacial score (nSPS) is 10.5. The molecular weight excluding hydrogens is 278 g/mol. The first-order valence-corrected chi connectivity index (χ1v) is 7.03. The van der Waals surface area contributed by atoms with Crippen LogP contribution in [0.4, 0.5) is 0 Å². The number of aryl methyl sites for hydroxylation is 2. The van der Waals surface area contributed by atoms with Gasteiger partial charge < -0.3 is 0 Å². The Bertz CT molecular complexity index is 740. The van der Waals surface area contributed by atoms with Crippen molar-refractivity contribution in [3.63, 3.8) is 0 Å². The van der Waals surface area contributed by atoms with Gasteiger partial charge in [-0.3, -0.25) is 9.89 Å². The lowest BCUT2D eigenvalue weighted by molar-refractivity contribution is 0.0982. The van der Waals surface area contributed by atoms with E-state index >= 15 is 0 Å². The molecule has 2 aromatic heterocycles. The summed E-state index contributed by atoms with van der Waals surface area (Å²) in [7, 11) is 0. The van der Waals surface area contributed by atoms with Gasteiger partial charge in [-0.25, -0.2) is 15.0 Å². The summed E-state index contributed by atoms with van der Waals surface area (Å²) in [5.74, 6) is 0.120. The van der Waals surface area contributed by atoms with E-state index in [1.807, 2.05) is 24.3 Å². The minimum Gasteiger partial charge on any atom is -0.290 e. The van der Waals surface area contributed by atoms with Gasteiger partial charge in [0.1, 0.15) is 12.7 Å². The van der Waals surface area contributed by atoms with E-state index < -0.39 is 0 Å². The summed E-state index contributed by atoms with van der Waals surface area (Å²) in [6, 6.07) is 12.1. The van der Waals surface area contributed by atoms with E-state index in [2.05, 4.69) is 37.3 Å². The highest BCUT2D eigenvalue weighted by Crippen LogP contribution is 2.07. The summed E-state index contributed by atoms with van der Waals surface area (Å²) >= 11 is 0. The third-order valence-corrected chi connectivity index (χ3v) is 3.31. The van der Waals surface area contributed by atoms with Crippen molar-refractivity contribution >= 4 is 5.78 Å². The van der Waals surface area contributed by atoms with Crippen LogP contribution in [-0.4, -0.2) is 30.9 Å². The van der Waals surface area contributed by atoms with Gasteiger partial charge in [-0.2, -0.15) is 5.10 Å². The molecule has 0 aliphatic carbocycles. The summed E-state index contributed by atoms with van der Waals surface area (Å²) in [6.45, 7) is 0. The molecule has 0 amide bonds. The Labute approximate surface area is 127 Å². The first-order valence-electron chi connectivity index (χ1n) is 7.03. The molecule has 0 aliphatic heterocycles. The first kappa shape index (κ1) is 14.1. The van der Waals surface area contributed by atoms with Gasteiger partial charge in [0.05, 0.1) is 12.1 Å². The molecule has 6 heteroatoms. The molecule has 0 saturated carbocycles. The maximum Gasteiger partial charge on any atom is 0.205 e. The third-order valence-electron chi connectivity index (χ3n) is 3.31. The number of aromatic nitrogens is 5. The average molecular weight is 293 g/mol. The molecule has 22 heavy (non-hydrogen) atoms. The fraction of sp³-hybridized carbons (Fsp3) is 0.188. The summed E-state index contributed by atoms with van der Waals surface area (Å²) in [5, 5.41) is 6.24. The Kier molecular flexibility index (Phi) is 4.29. The molecule has 0 aliphatic rings. The second-order valence-electron chi connectivity index (χ2n) is 4.92. The van der Waals surface area contributed by atoms with Crippen molar-refractivity contribution in [2.45, 2.75) is 19.3 Å². The Balaban J connectivity index is 1.64. The lowest BCUT2D eigenvalue weighted by Crippen LogP contribution is -2.08. The number of carbonyl (C=O) groups excluding carboxylic acids is 1. The van der Waals surface area contributed by atoms with Crippen LogP contribution in [0.5, 0.6) is 0 Å². The number of rotatable bonds is 6. The molecule has 6 nitrogen and oxygen atoms in total. The van der Waals surface area contributed by atoms with Gasteiger partial charge in [-0.05, 0) is 24.5 Å². The van der Waals surface area contributed by atoms with Crippen LogP contribution in [0.2, 0.25) is 0 Å². The number of ketones is 1. The smallest absolute Gasteiger partial charge is 0.205 e. The molecule has 1 aromatic carbocycles. The predicted molar refractivity (Wildman–Crippen MR) is 80.3 cm³/mol. The zero-order valence-electron chi connectivity index (χ0n) is 11.9. The van der Waals surface area contributed by atoms with Crippen molar-refractivity contribution in [3.05, 3.63) is 71.8 Å². The molecule has 2 heterocycles. The largest absolute Gasteiger partial charge is 0.290 e. The van der Waals surface area contributed by atoms with Crippen LogP contribution in [0.3, 0.4) is 0 Å². The first-order chi connectivity index (χ1) is 10.8. The van der Waals surface area contributed by atoms with Gasteiger partial charge >= 0.3 is 0 Å². The van der Waals surface area contributed by atoms with Crippen LogP contribution in [0.25, 0.3) is 0 Å². The maximum atomic E-state index is 12.0. The summed E-state index contributed by atoms with van der Waals surface area (Å²) < 4.78 is 0. The zero-order valence-corrected chi connectivity index (χ0v) is 11.9. The van der Waals surface area contributed by atoms with E-state index in [0.717, 1.165) is 18.5 Å². The number of nitrogens with one attached hydrogen (secondary N) is 1.